The van der Waals surface area contributed by atoms with Crippen molar-refractivity contribution in [2.45, 2.75) is 45.8 Å². The van der Waals surface area contributed by atoms with Gasteiger partial charge in [-0.1, -0.05) is 36.4 Å². The van der Waals surface area contributed by atoms with E-state index in [9.17, 15) is 9.18 Å². The summed E-state index contributed by atoms with van der Waals surface area (Å²) >= 11 is 0. The lowest BCUT2D eigenvalue weighted by atomic mass is 10.0. The summed E-state index contributed by atoms with van der Waals surface area (Å²) < 4.78 is 19.7. The van der Waals surface area contributed by atoms with Crippen LogP contribution in [0.15, 0.2) is 65.1 Å². The maximum atomic E-state index is 14.0. The van der Waals surface area contributed by atoms with Crippen LogP contribution >= 0.6 is 0 Å². The molecule has 0 radical (unpaired) electrons. The summed E-state index contributed by atoms with van der Waals surface area (Å²) in [4.78, 5) is 17.5. The van der Waals surface area contributed by atoms with Crippen molar-refractivity contribution in [2.75, 3.05) is 18.4 Å². The van der Waals surface area contributed by atoms with Gasteiger partial charge in [-0.25, -0.2) is 9.18 Å². The van der Waals surface area contributed by atoms with Gasteiger partial charge in [0.25, 0.3) is 0 Å². The predicted molar refractivity (Wildman–Crippen MR) is 124 cm³/mol. The fourth-order valence-corrected chi connectivity index (χ4v) is 4.20. The van der Waals surface area contributed by atoms with Crippen molar-refractivity contribution in [3.05, 3.63) is 89.1 Å². The van der Waals surface area contributed by atoms with Crippen LogP contribution in [0.5, 0.6) is 0 Å². The zero-order valence-corrected chi connectivity index (χ0v) is 18.7. The van der Waals surface area contributed by atoms with Crippen molar-refractivity contribution in [3.8, 4) is 0 Å². The molecule has 0 aliphatic carbocycles. The maximum Gasteiger partial charge on any atom is 0.322 e. The third kappa shape index (κ3) is 5.56. The Hall–Kier alpha value is -3.12. The van der Waals surface area contributed by atoms with Gasteiger partial charge < -0.3 is 14.6 Å². The molecule has 2 amide bonds. The largest absolute Gasteiger partial charge is 0.464 e. The Bertz CT molecular complexity index is 1040. The molecule has 0 unspecified atom stereocenters. The third-order valence-electron chi connectivity index (χ3n) is 6.05. The molecule has 0 saturated carbocycles. The van der Waals surface area contributed by atoms with Crippen molar-refractivity contribution in [1.29, 1.82) is 0 Å². The summed E-state index contributed by atoms with van der Waals surface area (Å²) in [7, 11) is 0. The lowest BCUT2D eigenvalue weighted by Crippen LogP contribution is -2.48. The molecular formula is C26H30FN3O2. The van der Waals surface area contributed by atoms with Crippen molar-refractivity contribution in [1.82, 2.24) is 9.80 Å². The number of likely N-dealkylation sites (tertiary alicyclic amines) is 1. The molecule has 1 fully saturated rings. The van der Waals surface area contributed by atoms with Gasteiger partial charge in [0.2, 0.25) is 0 Å². The van der Waals surface area contributed by atoms with Gasteiger partial charge in [-0.3, -0.25) is 4.90 Å². The van der Waals surface area contributed by atoms with Gasteiger partial charge >= 0.3 is 6.03 Å². The minimum Gasteiger partial charge on any atom is -0.464 e. The van der Waals surface area contributed by atoms with E-state index in [4.69, 9.17) is 4.42 Å². The van der Waals surface area contributed by atoms with Gasteiger partial charge in [-0.15, -0.1) is 0 Å². The maximum absolute atomic E-state index is 14.0. The molecule has 1 saturated heterocycles. The summed E-state index contributed by atoms with van der Waals surface area (Å²) in [5.74, 6) is 1.24. The number of rotatable bonds is 6. The van der Waals surface area contributed by atoms with Crippen LogP contribution in [0.25, 0.3) is 0 Å². The highest BCUT2D eigenvalue weighted by Crippen LogP contribution is 2.23. The first-order valence-electron chi connectivity index (χ1n) is 11.1. The first-order valence-corrected chi connectivity index (χ1v) is 11.1. The second kappa shape index (κ2) is 10.0. The monoisotopic (exact) mass is 435 g/mol. The number of halogens is 1. The smallest absolute Gasteiger partial charge is 0.322 e. The van der Waals surface area contributed by atoms with E-state index in [0.717, 1.165) is 44.0 Å². The molecule has 1 aliphatic rings. The SMILES string of the molecule is Cc1ccc(CN(C(=O)Nc2ccc(C)c(F)c2)C2CCN(Cc3ccccc3)CC2)o1. The standard InChI is InChI=1S/C26H30FN3O2/c1-19-8-10-22(16-25(19)27)28-26(31)30(18-24-11-9-20(2)32-24)23-12-14-29(15-13-23)17-21-6-4-3-5-7-21/h3-11,16,23H,12-15,17-18H2,1-2H3,(H,28,31). The molecule has 1 aromatic heterocycles. The minimum absolute atomic E-state index is 0.0859. The van der Waals surface area contributed by atoms with Gasteiger partial charge in [-0.2, -0.15) is 0 Å². The van der Waals surface area contributed by atoms with Crippen LogP contribution in [0.3, 0.4) is 0 Å². The summed E-state index contributed by atoms with van der Waals surface area (Å²) in [6.07, 6.45) is 1.75. The number of carbonyl (C=O) groups excluding carboxylic acids is 1. The molecule has 1 N–H and O–H groups in total. The second-order valence-electron chi connectivity index (χ2n) is 8.53. The molecule has 168 valence electrons. The van der Waals surface area contributed by atoms with E-state index in [-0.39, 0.29) is 17.9 Å². The number of nitrogens with zero attached hydrogens (tertiary/aromatic N) is 2. The Morgan fingerprint density at radius 2 is 1.84 bits per heavy atom. The average Bonchev–Trinajstić information content (AvgIpc) is 3.21. The molecule has 2 heterocycles. The third-order valence-corrected chi connectivity index (χ3v) is 6.05. The number of aryl methyl sites for hydroxylation is 2. The van der Waals surface area contributed by atoms with Crippen molar-refractivity contribution < 1.29 is 13.6 Å². The minimum atomic E-state index is -0.328. The number of furan rings is 1. The zero-order valence-electron chi connectivity index (χ0n) is 18.7. The lowest BCUT2D eigenvalue weighted by Gasteiger charge is -2.38. The van der Waals surface area contributed by atoms with Crippen LogP contribution in [0.2, 0.25) is 0 Å². The number of amides is 2. The number of piperidine rings is 1. The molecular weight excluding hydrogens is 405 g/mol. The van der Waals surface area contributed by atoms with Crippen LogP contribution in [0, 0.1) is 19.7 Å². The van der Waals surface area contributed by atoms with E-state index in [1.165, 1.54) is 11.6 Å². The molecule has 6 heteroatoms. The Balaban J connectivity index is 1.44. The van der Waals surface area contributed by atoms with Crippen LogP contribution < -0.4 is 5.32 Å². The van der Waals surface area contributed by atoms with Crippen LogP contribution in [0.4, 0.5) is 14.9 Å². The molecule has 0 bridgehead atoms. The fourth-order valence-electron chi connectivity index (χ4n) is 4.20. The number of urea groups is 1. The van der Waals surface area contributed by atoms with E-state index < -0.39 is 0 Å². The predicted octanol–water partition coefficient (Wildman–Crippen LogP) is 5.73. The van der Waals surface area contributed by atoms with E-state index in [1.807, 2.05) is 30.0 Å². The molecule has 0 spiro atoms. The number of nitrogens with one attached hydrogen (secondary N) is 1. The van der Waals surface area contributed by atoms with E-state index in [2.05, 4.69) is 34.5 Å². The molecule has 3 aromatic rings. The highest BCUT2D eigenvalue weighted by Gasteiger charge is 2.29. The topological polar surface area (TPSA) is 48.7 Å². The van der Waals surface area contributed by atoms with Crippen molar-refractivity contribution >= 4 is 11.7 Å². The number of hydrogen-bond donors (Lipinski definition) is 1. The highest BCUT2D eigenvalue weighted by molar-refractivity contribution is 5.89. The Labute approximate surface area is 188 Å². The molecule has 0 atom stereocenters. The first kappa shape index (κ1) is 22.1. The molecule has 2 aromatic carbocycles. The normalized spacial score (nSPS) is 15.0. The Morgan fingerprint density at radius 3 is 2.50 bits per heavy atom. The van der Waals surface area contributed by atoms with Crippen molar-refractivity contribution in [2.24, 2.45) is 0 Å². The summed E-state index contributed by atoms with van der Waals surface area (Å²) in [6.45, 7) is 6.73. The quantitative estimate of drug-likeness (QED) is 0.538. The zero-order chi connectivity index (χ0) is 22.5. The number of anilines is 1. The number of hydrogen-bond acceptors (Lipinski definition) is 3. The van der Waals surface area contributed by atoms with E-state index in [1.54, 1.807) is 19.1 Å². The van der Waals surface area contributed by atoms with Gasteiger partial charge in [0.1, 0.15) is 17.3 Å². The molecule has 32 heavy (non-hydrogen) atoms. The summed E-state index contributed by atoms with van der Waals surface area (Å²) in [6, 6.07) is 18.9. The van der Waals surface area contributed by atoms with Crippen LogP contribution in [-0.2, 0) is 13.1 Å². The highest BCUT2D eigenvalue weighted by atomic mass is 19.1. The van der Waals surface area contributed by atoms with Crippen LogP contribution in [-0.4, -0.2) is 35.0 Å². The molecule has 5 nitrogen and oxygen atoms in total. The van der Waals surface area contributed by atoms with E-state index in [0.29, 0.717) is 17.8 Å². The average molecular weight is 436 g/mol. The number of carbonyl (C=O) groups is 1. The lowest BCUT2D eigenvalue weighted by molar-refractivity contribution is 0.115. The molecule has 1 aliphatic heterocycles. The van der Waals surface area contributed by atoms with E-state index >= 15 is 0 Å². The van der Waals surface area contributed by atoms with Crippen LogP contribution in [0.1, 0.15) is 35.5 Å². The van der Waals surface area contributed by atoms with Gasteiger partial charge in [-0.05, 0) is 62.1 Å². The van der Waals surface area contributed by atoms with Crippen molar-refractivity contribution in [3.63, 3.8) is 0 Å². The fraction of sp³-hybridized carbons (Fsp3) is 0.346. The second-order valence-corrected chi connectivity index (χ2v) is 8.53. The van der Waals surface area contributed by atoms with Gasteiger partial charge in [0, 0.05) is 31.4 Å². The van der Waals surface area contributed by atoms with Gasteiger partial charge in [0.15, 0.2) is 0 Å². The van der Waals surface area contributed by atoms with Gasteiger partial charge in [0.05, 0.1) is 6.54 Å². The number of benzene rings is 2. The Morgan fingerprint density at radius 1 is 1.09 bits per heavy atom. The summed E-state index contributed by atoms with van der Waals surface area (Å²) in [5.41, 5.74) is 2.31. The summed E-state index contributed by atoms with van der Waals surface area (Å²) in [5, 5.41) is 2.88. The Kier molecular flexibility index (Phi) is 6.90. The molecule has 4 rings (SSSR count). The first-order chi connectivity index (χ1) is 15.5.